The van der Waals surface area contributed by atoms with Gasteiger partial charge in [-0.25, -0.2) is 0 Å². The zero-order valence-corrected chi connectivity index (χ0v) is 17.9. The van der Waals surface area contributed by atoms with E-state index in [1.54, 1.807) is 13.2 Å². The number of carbonyl (C=O) groups excluding carboxylic acids is 2. The fourth-order valence-corrected chi connectivity index (χ4v) is 3.73. The molecule has 0 aromatic heterocycles. The number of nitrogens with zero attached hydrogens (tertiary/aromatic N) is 1. The van der Waals surface area contributed by atoms with Crippen molar-refractivity contribution in [3.05, 3.63) is 69.4 Å². The van der Waals surface area contributed by atoms with Crippen LogP contribution in [-0.4, -0.2) is 37.0 Å². The molecule has 0 unspecified atom stereocenters. The molecule has 0 atom stereocenters. The number of rotatable bonds is 7. The molecule has 29 heavy (non-hydrogen) atoms. The number of ether oxygens (including phenoxy) is 1. The van der Waals surface area contributed by atoms with Crippen LogP contribution in [0.2, 0.25) is 5.02 Å². The van der Waals surface area contributed by atoms with Crippen LogP contribution in [0.25, 0.3) is 5.57 Å². The van der Waals surface area contributed by atoms with Crippen molar-refractivity contribution in [1.82, 2.24) is 4.90 Å². The molecule has 0 spiro atoms. The van der Waals surface area contributed by atoms with Gasteiger partial charge < -0.3 is 10.1 Å². The lowest BCUT2D eigenvalue weighted by molar-refractivity contribution is -0.136. The Kier molecular flexibility index (Phi) is 6.40. The Morgan fingerprint density at radius 3 is 2.41 bits per heavy atom. The highest BCUT2D eigenvalue weighted by molar-refractivity contribution is 6.36. The van der Waals surface area contributed by atoms with Gasteiger partial charge in [-0.1, -0.05) is 35.4 Å². The predicted molar refractivity (Wildman–Crippen MR) is 116 cm³/mol. The maximum Gasteiger partial charge on any atom is 0.278 e. The third kappa shape index (κ3) is 4.36. The molecule has 5 nitrogen and oxygen atoms in total. The minimum absolute atomic E-state index is 0.285. The molecular formula is C23H25ClN2O3. The zero-order chi connectivity index (χ0) is 21.1. The third-order valence-electron chi connectivity index (χ3n) is 5.00. The Hall–Kier alpha value is -2.63. The van der Waals surface area contributed by atoms with Crippen molar-refractivity contribution in [3.63, 3.8) is 0 Å². The molecule has 152 valence electrons. The van der Waals surface area contributed by atoms with Crippen molar-refractivity contribution in [2.45, 2.75) is 27.2 Å². The lowest BCUT2D eigenvalue weighted by atomic mass is 9.97. The largest absolute Gasteiger partial charge is 0.385 e. The molecule has 0 bridgehead atoms. The highest BCUT2D eigenvalue weighted by atomic mass is 35.5. The van der Waals surface area contributed by atoms with Crippen molar-refractivity contribution in [2.24, 2.45) is 0 Å². The van der Waals surface area contributed by atoms with Crippen LogP contribution in [0, 0.1) is 20.8 Å². The first-order valence-corrected chi connectivity index (χ1v) is 9.91. The molecule has 0 aliphatic carbocycles. The second-order valence-electron chi connectivity index (χ2n) is 7.26. The van der Waals surface area contributed by atoms with E-state index in [-0.39, 0.29) is 11.8 Å². The molecule has 2 amide bonds. The number of hydrogen-bond acceptors (Lipinski definition) is 4. The molecule has 6 heteroatoms. The summed E-state index contributed by atoms with van der Waals surface area (Å²) in [6.07, 6.45) is 0.585. The van der Waals surface area contributed by atoms with E-state index in [1.165, 1.54) is 4.90 Å². The average molecular weight is 413 g/mol. The van der Waals surface area contributed by atoms with Gasteiger partial charge in [0.2, 0.25) is 0 Å². The van der Waals surface area contributed by atoms with Crippen molar-refractivity contribution in [3.8, 4) is 0 Å². The number of benzene rings is 2. The zero-order valence-electron chi connectivity index (χ0n) is 17.1. The number of amides is 2. The molecule has 1 aliphatic rings. The molecule has 0 radical (unpaired) electrons. The lowest BCUT2D eigenvalue weighted by Gasteiger charge is -2.15. The van der Waals surface area contributed by atoms with Crippen molar-refractivity contribution in [2.75, 3.05) is 25.6 Å². The summed E-state index contributed by atoms with van der Waals surface area (Å²) >= 11 is 6.06. The summed E-state index contributed by atoms with van der Waals surface area (Å²) in [7, 11) is 1.60. The summed E-state index contributed by atoms with van der Waals surface area (Å²) < 4.78 is 5.07. The summed E-state index contributed by atoms with van der Waals surface area (Å²) in [6, 6.07) is 11.3. The van der Waals surface area contributed by atoms with Gasteiger partial charge >= 0.3 is 0 Å². The number of aryl methyl sites for hydroxylation is 3. The van der Waals surface area contributed by atoms with Crippen LogP contribution >= 0.6 is 11.6 Å². The number of imide groups is 1. The molecule has 0 saturated carbocycles. The molecule has 3 rings (SSSR count). The van der Waals surface area contributed by atoms with Crippen molar-refractivity contribution >= 4 is 34.7 Å². The van der Waals surface area contributed by atoms with E-state index in [0.29, 0.717) is 35.9 Å². The first-order valence-electron chi connectivity index (χ1n) is 9.53. The highest BCUT2D eigenvalue weighted by Gasteiger charge is 2.39. The topological polar surface area (TPSA) is 58.6 Å². The number of carbonyl (C=O) groups is 2. The Bertz CT molecular complexity index is 998. The number of anilines is 1. The van der Waals surface area contributed by atoms with Gasteiger partial charge in [0, 0.05) is 31.0 Å². The molecule has 0 fully saturated rings. The minimum atomic E-state index is -0.324. The van der Waals surface area contributed by atoms with Crippen LogP contribution in [0.5, 0.6) is 0 Å². The van der Waals surface area contributed by atoms with E-state index in [9.17, 15) is 9.59 Å². The summed E-state index contributed by atoms with van der Waals surface area (Å²) in [6.45, 7) is 6.65. The van der Waals surface area contributed by atoms with E-state index in [2.05, 4.69) is 5.32 Å². The van der Waals surface area contributed by atoms with Gasteiger partial charge in [0.25, 0.3) is 11.8 Å². The fraction of sp³-hybridized carbons (Fsp3) is 0.304. The molecule has 2 aromatic rings. The van der Waals surface area contributed by atoms with Crippen LogP contribution < -0.4 is 5.32 Å². The smallest absolute Gasteiger partial charge is 0.278 e. The molecule has 1 N–H and O–H groups in total. The van der Waals surface area contributed by atoms with Crippen LogP contribution in [0.3, 0.4) is 0 Å². The first kappa shape index (κ1) is 21.1. The summed E-state index contributed by atoms with van der Waals surface area (Å²) in [5.74, 6) is -0.609. The fourth-order valence-electron chi connectivity index (χ4n) is 3.51. The normalized spacial score (nSPS) is 14.2. The minimum Gasteiger partial charge on any atom is -0.385 e. The standard InChI is InChI=1S/C23H25ClN2O3/c1-14-6-8-18(15(2)12-14)20-21(25-19-9-7-17(24)13-16(19)3)23(28)26(22(20)27)10-5-11-29-4/h6-9,12-13,25H,5,10-11H2,1-4H3. The van der Waals surface area contributed by atoms with E-state index in [0.717, 1.165) is 27.9 Å². The molecule has 2 aromatic carbocycles. The number of halogens is 1. The molecular weight excluding hydrogens is 388 g/mol. The van der Waals surface area contributed by atoms with Gasteiger partial charge in [0.05, 0.1) is 5.57 Å². The second-order valence-corrected chi connectivity index (χ2v) is 7.70. The Balaban J connectivity index is 2.06. The van der Waals surface area contributed by atoms with Gasteiger partial charge in [-0.15, -0.1) is 0 Å². The third-order valence-corrected chi connectivity index (χ3v) is 5.23. The van der Waals surface area contributed by atoms with E-state index < -0.39 is 0 Å². The van der Waals surface area contributed by atoms with Gasteiger partial charge in [-0.05, 0) is 62.1 Å². The van der Waals surface area contributed by atoms with Gasteiger partial charge in [-0.3, -0.25) is 14.5 Å². The second kappa shape index (κ2) is 8.80. The maximum absolute atomic E-state index is 13.2. The Morgan fingerprint density at radius 2 is 1.76 bits per heavy atom. The lowest BCUT2D eigenvalue weighted by Crippen LogP contribution is -2.34. The maximum atomic E-state index is 13.2. The Labute approximate surface area is 176 Å². The van der Waals surface area contributed by atoms with E-state index in [1.807, 2.05) is 51.1 Å². The molecule has 1 heterocycles. The monoisotopic (exact) mass is 412 g/mol. The predicted octanol–water partition coefficient (Wildman–Crippen LogP) is 4.49. The molecule has 1 aliphatic heterocycles. The van der Waals surface area contributed by atoms with Crippen LogP contribution in [0.15, 0.2) is 42.1 Å². The van der Waals surface area contributed by atoms with E-state index in [4.69, 9.17) is 16.3 Å². The van der Waals surface area contributed by atoms with Crippen molar-refractivity contribution in [1.29, 1.82) is 0 Å². The average Bonchev–Trinajstić information content (AvgIpc) is 2.88. The van der Waals surface area contributed by atoms with Crippen LogP contribution in [0.4, 0.5) is 5.69 Å². The van der Waals surface area contributed by atoms with Crippen molar-refractivity contribution < 1.29 is 14.3 Å². The Morgan fingerprint density at radius 1 is 1.00 bits per heavy atom. The van der Waals surface area contributed by atoms with E-state index >= 15 is 0 Å². The van der Waals surface area contributed by atoms with Gasteiger partial charge in [0.15, 0.2) is 0 Å². The van der Waals surface area contributed by atoms with Gasteiger partial charge in [0.1, 0.15) is 5.70 Å². The molecule has 0 saturated heterocycles. The quantitative estimate of drug-likeness (QED) is 0.537. The van der Waals surface area contributed by atoms with Crippen LogP contribution in [-0.2, 0) is 14.3 Å². The van der Waals surface area contributed by atoms with Crippen LogP contribution in [0.1, 0.15) is 28.7 Å². The summed E-state index contributed by atoms with van der Waals surface area (Å²) in [4.78, 5) is 27.7. The SMILES string of the molecule is COCCCN1C(=O)C(Nc2ccc(Cl)cc2C)=C(c2ccc(C)cc2C)C1=O. The van der Waals surface area contributed by atoms with Gasteiger partial charge in [-0.2, -0.15) is 0 Å². The number of nitrogens with one attached hydrogen (secondary N) is 1. The summed E-state index contributed by atoms with van der Waals surface area (Å²) in [5.41, 5.74) is 5.15. The number of methoxy groups -OCH3 is 1. The first-order chi connectivity index (χ1) is 13.8. The summed E-state index contributed by atoms with van der Waals surface area (Å²) in [5, 5.41) is 3.82. The number of hydrogen-bond donors (Lipinski definition) is 1. The highest BCUT2D eigenvalue weighted by Crippen LogP contribution is 2.33.